The van der Waals surface area contributed by atoms with E-state index in [-0.39, 0.29) is 11.6 Å². The van der Waals surface area contributed by atoms with Gasteiger partial charge >= 0.3 is 12.2 Å². The van der Waals surface area contributed by atoms with Crippen molar-refractivity contribution in [3.63, 3.8) is 0 Å². The lowest BCUT2D eigenvalue weighted by Crippen LogP contribution is -2.42. The largest absolute Gasteiger partial charge is 0.418 e. The number of nitrogens with zero attached hydrogens (tertiary/aromatic N) is 3. The molecule has 1 N–H and O–H groups in total. The molecular formula is C17H17F3N4O. The van der Waals surface area contributed by atoms with Crippen LogP contribution in [-0.2, 0) is 6.18 Å². The maximum atomic E-state index is 13.0. The first-order chi connectivity index (χ1) is 11.9. The topological polar surface area (TPSA) is 58.1 Å². The molecule has 5 nitrogen and oxygen atoms in total. The molecule has 2 aromatic rings. The summed E-state index contributed by atoms with van der Waals surface area (Å²) in [7, 11) is 0. The van der Waals surface area contributed by atoms with Crippen LogP contribution in [-0.4, -0.2) is 34.0 Å². The van der Waals surface area contributed by atoms with Gasteiger partial charge in [-0.15, -0.1) is 0 Å². The van der Waals surface area contributed by atoms with E-state index < -0.39 is 17.8 Å². The van der Waals surface area contributed by atoms with Gasteiger partial charge in [0, 0.05) is 30.9 Å². The molecule has 1 saturated heterocycles. The number of carbonyl (C=O) groups is 1. The fourth-order valence-electron chi connectivity index (χ4n) is 2.98. The highest BCUT2D eigenvalue weighted by molar-refractivity contribution is 5.90. The van der Waals surface area contributed by atoms with Crippen LogP contribution >= 0.6 is 0 Å². The standard InChI is InChI=1S/C17H17F3N4O/c18-17(19,20)13-5-1-2-6-15(13)23-16(25)24-9-3-4-12(10-24)14-7-8-21-11-22-14/h1-2,5-8,11-12H,3-4,9-10H2,(H,23,25)/t12-/m0/s1. The Bertz CT molecular complexity index is 736. The third-order valence-corrected chi connectivity index (χ3v) is 4.21. The van der Waals surface area contributed by atoms with Gasteiger partial charge in [-0.3, -0.25) is 0 Å². The summed E-state index contributed by atoms with van der Waals surface area (Å²) in [5, 5.41) is 2.39. The second-order valence-corrected chi connectivity index (χ2v) is 5.89. The summed E-state index contributed by atoms with van der Waals surface area (Å²) in [6.45, 7) is 0.915. The van der Waals surface area contributed by atoms with E-state index in [4.69, 9.17) is 0 Å². The second kappa shape index (κ2) is 7.08. The Morgan fingerprint density at radius 3 is 2.76 bits per heavy atom. The SMILES string of the molecule is O=C(Nc1ccccc1C(F)(F)F)N1CCC[C@H](c2ccncn2)C1. The van der Waals surface area contributed by atoms with Crippen molar-refractivity contribution in [2.24, 2.45) is 0 Å². The maximum Gasteiger partial charge on any atom is 0.418 e. The van der Waals surface area contributed by atoms with E-state index >= 15 is 0 Å². The molecule has 1 fully saturated rings. The summed E-state index contributed by atoms with van der Waals surface area (Å²) in [6.07, 6.45) is 0.215. The molecule has 25 heavy (non-hydrogen) atoms. The van der Waals surface area contributed by atoms with Crippen molar-refractivity contribution in [1.29, 1.82) is 0 Å². The number of anilines is 1. The Balaban J connectivity index is 1.72. The van der Waals surface area contributed by atoms with Crippen LogP contribution in [0.4, 0.5) is 23.7 Å². The number of alkyl halides is 3. The van der Waals surface area contributed by atoms with Crippen molar-refractivity contribution in [2.75, 3.05) is 18.4 Å². The number of piperidine rings is 1. The van der Waals surface area contributed by atoms with Crippen LogP contribution in [0.3, 0.4) is 0 Å². The molecule has 2 heterocycles. The van der Waals surface area contributed by atoms with Gasteiger partial charge in [0.1, 0.15) is 6.33 Å². The minimum absolute atomic E-state index is 0.0559. The molecule has 1 aliphatic rings. The number of benzene rings is 1. The lowest BCUT2D eigenvalue weighted by molar-refractivity contribution is -0.136. The molecule has 1 aromatic carbocycles. The summed E-state index contributed by atoms with van der Waals surface area (Å²) in [6, 6.07) is 6.23. The van der Waals surface area contributed by atoms with Crippen molar-refractivity contribution in [3.05, 3.63) is 54.1 Å². The van der Waals surface area contributed by atoms with Gasteiger partial charge < -0.3 is 10.2 Å². The minimum Gasteiger partial charge on any atom is -0.324 e. The van der Waals surface area contributed by atoms with Gasteiger partial charge in [0.15, 0.2) is 0 Å². The van der Waals surface area contributed by atoms with Gasteiger partial charge in [0.25, 0.3) is 0 Å². The Kier molecular flexibility index (Phi) is 4.87. The number of halogens is 3. The zero-order chi connectivity index (χ0) is 17.9. The quantitative estimate of drug-likeness (QED) is 0.893. The Morgan fingerprint density at radius 2 is 2.04 bits per heavy atom. The average Bonchev–Trinajstić information content (AvgIpc) is 2.62. The first kappa shape index (κ1) is 17.2. The predicted octanol–water partition coefficient (Wildman–Crippen LogP) is 3.91. The third kappa shape index (κ3) is 4.07. The zero-order valence-corrected chi connectivity index (χ0v) is 13.3. The van der Waals surface area contributed by atoms with E-state index in [9.17, 15) is 18.0 Å². The molecule has 0 aliphatic carbocycles. The molecule has 0 spiro atoms. The molecule has 3 rings (SSSR count). The van der Waals surface area contributed by atoms with E-state index in [1.807, 2.05) is 0 Å². The number of para-hydroxylation sites is 1. The highest BCUT2D eigenvalue weighted by Crippen LogP contribution is 2.35. The minimum atomic E-state index is -4.52. The molecule has 0 radical (unpaired) electrons. The van der Waals surface area contributed by atoms with E-state index in [1.54, 1.807) is 12.3 Å². The fourth-order valence-corrected chi connectivity index (χ4v) is 2.98. The molecule has 0 unspecified atom stereocenters. The molecule has 1 aliphatic heterocycles. The summed E-state index contributed by atoms with van der Waals surface area (Å²) < 4.78 is 39.1. The molecule has 0 saturated carbocycles. The number of carbonyl (C=O) groups excluding carboxylic acids is 1. The van der Waals surface area contributed by atoms with Crippen LogP contribution in [0.1, 0.15) is 30.0 Å². The smallest absolute Gasteiger partial charge is 0.324 e. The highest BCUT2D eigenvalue weighted by Gasteiger charge is 2.34. The summed E-state index contributed by atoms with van der Waals surface area (Å²) in [5.41, 5.74) is -0.250. The monoisotopic (exact) mass is 350 g/mol. The number of rotatable bonds is 2. The van der Waals surface area contributed by atoms with Gasteiger partial charge in [-0.1, -0.05) is 12.1 Å². The fraction of sp³-hybridized carbons (Fsp3) is 0.353. The Hall–Kier alpha value is -2.64. The molecule has 132 valence electrons. The Morgan fingerprint density at radius 1 is 1.24 bits per heavy atom. The molecule has 1 atom stereocenters. The average molecular weight is 350 g/mol. The van der Waals surface area contributed by atoms with E-state index in [0.29, 0.717) is 13.1 Å². The first-order valence-corrected chi connectivity index (χ1v) is 7.93. The van der Waals surface area contributed by atoms with Crippen LogP contribution < -0.4 is 5.32 Å². The molecule has 2 amide bonds. The van der Waals surface area contributed by atoms with Gasteiger partial charge in [0.05, 0.1) is 11.3 Å². The molecule has 1 aromatic heterocycles. The van der Waals surface area contributed by atoms with Gasteiger partial charge in [0.2, 0.25) is 0 Å². The zero-order valence-electron chi connectivity index (χ0n) is 13.3. The van der Waals surface area contributed by atoms with Crippen LogP contribution in [0.15, 0.2) is 42.9 Å². The van der Waals surface area contributed by atoms with Crippen molar-refractivity contribution in [3.8, 4) is 0 Å². The molecule has 8 heteroatoms. The van der Waals surface area contributed by atoms with Crippen LogP contribution in [0, 0.1) is 0 Å². The number of aromatic nitrogens is 2. The van der Waals surface area contributed by atoms with Crippen LogP contribution in [0.5, 0.6) is 0 Å². The summed E-state index contributed by atoms with van der Waals surface area (Å²) in [5.74, 6) is 0.0559. The van der Waals surface area contributed by atoms with E-state index in [2.05, 4.69) is 15.3 Å². The number of nitrogens with one attached hydrogen (secondary N) is 1. The molecule has 0 bridgehead atoms. The van der Waals surface area contributed by atoms with Gasteiger partial charge in [-0.25, -0.2) is 14.8 Å². The normalized spacial score (nSPS) is 18.0. The third-order valence-electron chi connectivity index (χ3n) is 4.21. The Labute approximate surface area is 142 Å². The summed E-state index contributed by atoms with van der Waals surface area (Å²) in [4.78, 5) is 22.1. The lowest BCUT2D eigenvalue weighted by Gasteiger charge is -2.32. The predicted molar refractivity (Wildman–Crippen MR) is 86.0 cm³/mol. The number of hydrogen-bond acceptors (Lipinski definition) is 3. The van der Waals surface area contributed by atoms with E-state index in [0.717, 1.165) is 24.6 Å². The number of likely N-dealkylation sites (tertiary alicyclic amines) is 1. The second-order valence-electron chi connectivity index (χ2n) is 5.89. The number of hydrogen-bond donors (Lipinski definition) is 1. The van der Waals surface area contributed by atoms with Crippen molar-refractivity contribution >= 4 is 11.7 Å². The van der Waals surface area contributed by atoms with Gasteiger partial charge in [-0.05, 0) is 31.0 Å². The van der Waals surface area contributed by atoms with Crippen LogP contribution in [0.2, 0.25) is 0 Å². The van der Waals surface area contributed by atoms with Crippen LogP contribution in [0.25, 0.3) is 0 Å². The van der Waals surface area contributed by atoms with Gasteiger partial charge in [-0.2, -0.15) is 13.2 Å². The maximum absolute atomic E-state index is 13.0. The summed E-state index contributed by atoms with van der Waals surface area (Å²) >= 11 is 0. The highest BCUT2D eigenvalue weighted by atomic mass is 19.4. The van der Waals surface area contributed by atoms with Crippen molar-refractivity contribution < 1.29 is 18.0 Å². The first-order valence-electron chi connectivity index (χ1n) is 7.93. The number of amides is 2. The van der Waals surface area contributed by atoms with E-state index in [1.165, 1.54) is 29.4 Å². The lowest BCUT2D eigenvalue weighted by atomic mass is 9.95. The van der Waals surface area contributed by atoms with Crippen molar-refractivity contribution in [1.82, 2.24) is 14.9 Å². The molecular weight excluding hydrogens is 333 g/mol. The number of urea groups is 1. The van der Waals surface area contributed by atoms with Crippen molar-refractivity contribution in [2.45, 2.75) is 24.9 Å².